The number of aromatic nitrogens is 4. The van der Waals surface area contributed by atoms with Crippen LogP contribution in [0, 0.1) is 0 Å². The van der Waals surface area contributed by atoms with E-state index in [2.05, 4.69) is 9.97 Å². The fraction of sp³-hybridized carbons (Fsp3) is 0.0833. The molecule has 13 heteroatoms. The number of hydrogen-bond donors (Lipinski definition) is 2. The molecule has 4 aromatic carbocycles. The molecule has 2 aliphatic heterocycles. The summed E-state index contributed by atoms with van der Waals surface area (Å²) in [4.78, 5) is 16.1. The second kappa shape index (κ2) is 14.5. The summed E-state index contributed by atoms with van der Waals surface area (Å²) in [6.07, 6.45) is -0.366. The van der Waals surface area contributed by atoms with Gasteiger partial charge in [0, 0.05) is 38.8 Å². The number of benzene rings is 4. The molecule has 0 aliphatic carbocycles. The minimum atomic E-state index is -7.15. The Morgan fingerprint density at radius 3 is 1.20 bits per heavy atom. The van der Waals surface area contributed by atoms with Crippen LogP contribution in [0.4, 0.5) is 39.5 Å². The Morgan fingerprint density at radius 1 is 0.361 bits per heavy atom. The summed E-state index contributed by atoms with van der Waals surface area (Å²) in [7, 11) is 0. The Morgan fingerprint density at radius 2 is 0.738 bits per heavy atom. The van der Waals surface area contributed by atoms with Crippen molar-refractivity contribution in [1.29, 1.82) is 0 Å². The molecule has 61 heavy (non-hydrogen) atoms. The zero-order valence-corrected chi connectivity index (χ0v) is 31.4. The normalized spacial score (nSPS) is 13.2. The molecule has 7 aromatic rings. The van der Waals surface area contributed by atoms with Crippen molar-refractivity contribution in [2.75, 3.05) is 0 Å². The quantitative estimate of drug-likeness (QED) is 0.157. The summed E-state index contributed by atoms with van der Waals surface area (Å²) in [5, 5.41) is 0. The first-order valence-electron chi connectivity index (χ1n) is 18.8. The van der Waals surface area contributed by atoms with E-state index in [1.807, 2.05) is 54.6 Å². The van der Waals surface area contributed by atoms with Crippen LogP contribution in [0.2, 0.25) is 0 Å². The Kier molecular flexibility index (Phi) is 9.37. The fourth-order valence-corrected chi connectivity index (χ4v) is 7.71. The van der Waals surface area contributed by atoms with Crippen LogP contribution < -0.4 is 0 Å². The molecule has 0 radical (unpaired) electrons. The lowest BCUT2D eigenvalue weighted by Crippen LogP contribution is -2.59. The topological polar surface area (TPSA) is 57.4 Å². The zero-order valence-electron chi connectivity index (χ0n) is 31.4. The number of alkyl halides is 9. The van der Waals surface area contributed by atoms with Gasteiger partial charge in [-0.25, -0.2) is 9.97 Å². The maximum atomic E-state index is 16.7. The minimum Gasteiger partial charge on any atom is -0.354 e. The molecule has 2 aliphatic rings. The zero-order chi connectivity index (χ0) is 42.7. The summed E-state index contributed by atoms with van der Waals surface area (Å²) in [5.74, 6) is -20.3. The summed E-state index contributed by atoms with van der Waals surface area (Å²) >= 11 is 0. The third-order valence-corrected chi connectivity index (χ3v) is 10.6. The largest absolute Gasteiger partial charge is 0.460 e. The highest BCUT2D eigenvalue weighted by Crippen LogP contribution is 2.58. The predicted octanol–water partition coefficient (Wildman–Crippen LogP) is 14.2. The molecule has 304 valence electrons. The Labute approximate surface area is 341 Å². The molecule has 8 bridgehead atoms. The number of nitrogens with zero attached hydrogens (tertiary/aromatic N) is 2. The molecular weight excluding hydrogens is 804 g/mol. The minimum absolute atomic E-state index is 0.0789. The lowest BCUT2D eigenvalue weighted by molar-refractivity contribution is -0.399. The molecule has 9 rings (SSSR count). The fourth-order valence-electron chi connectivity index (χ4n) is 7.71. The number of aromatic amines is 2. The van der Waals surface area contributed by atoms with Gasteiger partial charge in [0.05, 0.1) is 33.9 Å². The molecule has 2 N–H and O–H groups in total. The number of fused-ring (bicyclic) bond motifs is 8. The van der Waals surface area contributed by atoms with E-state index in [1.165, 1.54) is 30.3 Å². The van der Waals surface area contributed by atoms with Gasteiger partial charge >= 0.3 is 23.9 Å². The van der Waals surface area contributed by atoms with Crippen LogP contribution in [0.15, 0.2) is 140 Å². The van der Waals surface area contributed by atoms with Crippen LogP contribution in [-0.2, 0) is 5.92 Å². The highest BCUT2D eigenvalue weighted by atomic mass is 19.4. The summed E-state index contributed by atoms with van der Waals surface area (Å²) < 4.78 is 135. The van der Waals surface area contributed by atoms with Crippen LogP contribution >= 0.6 is 0 Å². The standard InChI is InChI=1S/C48H29F9N4/c49-45(50,46(51,52)47(53,54)48(55,56)57)32-27-39-42(30-17-9-3-10-18-30)37-24-23-35(59-37)40(28-13-5-1-6-14-28)33-21-22-34(58-33)41(29-15-7-2-8-16-29)36-25-26-38(60-36)43(44(32)61-39)31-19-11-4-12-20-31/h1-27,59,61H. The van der Waals surface area contributed by atoms with E-state index in [0.29, 0.717) is 45.2 Å². The molecule has 4 nitrogen and oxygen atoms in total. The SMILES string of the molecule is FC(F)(F)C(F)(F)C(F)(F)C(F)(F)c1cc2[nH]c1c(-c1ccccc1)c1nc(c(-c3ccccc3)c3nc(c(-c4ccccc4)c4ccc([nH]4)c2-c2ccccc2)C=C3)C=C1. The van der Waals surface area contributed by atoms with Crippen molar-refractivity contribution in [1.82, 2.24) is 19.9 Å². The van der Waals surface area contributed by atoms with Gasteiger partial charge in [0.2, 0.25) is 0 Å². The summed E-state index contributed by atoms with van der Waals surface area (Å²) in [5.41, 5.74) is 1.89. The van der Waals surface area contributed by atoms with E-state index in [4.69, 9.17) is 9.97 Å². The number of rotatable bonds is 7. The Balaban J connectivity index is 1.54. The number of H-pyrrole nitrogens is 2. The highest BCUT2D eigenvalue weighted by molar-refractivity contribution is 6.01. The van der Waals surface area contributed by atoms with E-state index in [-0.39, 0.29) is 39.1 Å². The van der Waals surface area contributed by atoms with Gasteiger partial charge in [-0.2, -0.15) is 39.5 Å². The molecule has 5 heterocycles. The first kappa shape index (κ1) is 39.3. The maximum Gasteiger partial charge on any atom is 0.460 e. The monoisotopic (exact) mass is 832 g/mol. The molecule has 0 fully saturated rings. The van der Waals surface area contributed by atoms with Gasteiger partial charge in [-0.1, -0.05) is 121 Å². The maximum absolute atomic E-state index is 16.7. The van der Waals surface area contributed by atoms with Crippen molar-refractivity contribution >= 4 is 46.4 Å². The van der Waals surface area contributed by atoms with Gasteiger partial charge in [-0.15, -0.1) is 0 Å². The molecule has 0 unspecified atom stereocenters. The first-order chi connectivity index (χ1) is 29.2. The molecular formula is C48H29F9N4. The number of nitrogens with one attached hydrogen (secondary N) is 2. The molecule has 3 aromatic heterocycles. The van der Waals surface area contributed by atoms with Gasteiger partial charge in [0.15, 0.2) is 0 Å². The smallest absolute Gasteiger partial charge is 0.354 e. The third-order valence-electron chi connectivity index (χ3n) is 10.6. The van der Waals surface area contributed by atoms with Crippen molar-refractivity contribution < 1.29 is 39.5 Å². The highest BCUT2D eigenvalue weighted by Gasteiger charge is 2.82. The van der Waals surface area contributed by atoms with Crippen molar-refractivity contribution in [3.63, 3.8) is 0 Å². The van der Waals surface area contributed by atoms with Crippen LogP contribution in [-0.4, -0.2) is 38.0 Å². The van der Waals surface area contributed by atoms with Gasteiger partial charge < -0.3 is 9.97 Å². The average molecular weight is 833 g/mol. The molecule has 0 spiro atoms. The molecule has 0 amide bonds. The lowest BCUT2D eigenvalue weighted by Gasteiger charge is -2.33. The van der Waals surface area contributed by atoms with E-state index >= 15 is 17.6 Å². The van der Waals surface area contributed by atoms with Crippen molar-refractivity contribution in [3.8, 4) is 44.5 Å². The second-order valence-corrected chi connectivity index (χ2v) is 14.4. The molecule has 0 saturated carbocycles. The van der Waals surface area contributed by atoms with Gasteiger partial charge in [0.1, 0.15) is 0 Å². The van der Waals surface area contributed by atoms with Crippen LogP contribution in [0.5, 0.6) is 0 Å². The Bertz CT molecular complexity index is 3030. The average Bonchev–Trinajstić information content (AvgIpc) is 4.09. The van der Waals surface area contributed by atoms with Gasteiger partial charge in [-0.05, 0) is 64.8 Å². The van der Waals surface area contributed by atoms with Gasteiger partial charge in [-0.3, -0.25) is 0 Å². The number of halogens is 9. The number of hydrogen-bond acceptors (Lipinski definition) is 2. The van der Waals surface area contributed by atoms with Crippen LogP contribution in [0.25, 0.3) is 90.9 Å². The van der Waals surface area contributed by atoms with E-state index < -0.39 is 35.0 Å². The van der Waals surface area contributed by atoms with E-state index in [0.717, 1.165) is 5.56 Å². The van der Waals surface area contributed by atoms with E-state index in [9.17, 15) is 22.0 Å². The van der Waals surface area contributed by atoms with Crippen LogP contribution in [0.3, 0.4) is 0 Å². The van der Waals surface area contributed by atoms with Gasteiger partial charge in [0.25, 0.3) is 0 Å². The van der Waals surface area contributed by atoms with E-state index in [1.54, 1.807) is 72.8 Å². The predicted molar refractivity (Wildman–Crippen MR) is 220 cm³/mol. The summed E-state index contributed by atoms with van der Waals surface area (Å²) in [6.45, 7) is 0. The van der Waals surface area contributed by atoms with Crippen molar-refractivity contribution in [2.24, 2.45) is 0 Å². The Hall–Kier alpha value is -7.15. The van der Waals surface area contributed by atoms with Crippen molar-refractivity contribution in [3.05, 3.63) is 168 Å². The van der Waals surface area contributed by atoms with Crippen molar-refractivity contribution in [2.45, 2.75) is 23.9 Å². The second-order valence-electron chi connectivity index (χ2n) is 14.4. The third kappa shape index (κ3) is 6.51. The lowest BCUT2D eigenvalue weighted by atomic mass is 9.94. The summed E-state index contributed by atoms with van der Waals surface area (Å²) in [6, 6.07) is 37.9. The molecule has 0 atom stereocenters. The molecule has 0 saturated heterocycles. The van der Waals surface area contributed by atoms with Crippen LogP contribution in [0.1, 0.15) is 28.3 Å². The first-order valence-corrected chi connectivity index (χ1v) is 18.8.